The number of allylic oxidation sites excluding steroid dienone is 1. The number of carbonyl (C=O) groups is 1. The van der Waals surface area contributed by atoms with E-state index < -0.39 is 5.41 Å². The lowest BCUT2D eigenvalue weighted by Gasteiger charge is -2.48. The van der Waals surface area contributed by atoms with Crippen LogP contribution in [-0.4, -0.2) is 31.1 Å². The minimum atomic E-state index is -0.724. The molecule has 5 nitrogen and oxygen atoms in total. The van der Waals surface area contributed by atoms with E-state index in [0.717, 1.165) is 41.7 Å². The highest BCUT2D eigenvalue weighted by atomic mass is 16.5. The molecule has 1 aromatic rings. The molecule has 0 radical (unpaired) electrons. The molecule has 2 aliphatic carbocycles. The number of hydrogen-bond donors (Lipinski definition) is 1. The first-order valence-electron chi connectivity index (χ1n) is 8.12. The molecule has 5 heteroatoms. The van der Waals surface area contributed by atoms with E-state index in [1.807, 2.05) is 31.2 Å². The van der Waals surface area contributed by atoms with E-state index in [4.69, 9.17) is 9.47 Å². The molecule has 0 amide bonds. The molecule has 1 N–H and O–H groups in total. The van der Waals surface area contributed by atoms with E-state index in [2.05, 4.69) is 12.1 Å². The number of oxime groups is 1. The minimum absolute atomic E-state index is 0.247. The Labute approximate surface area is 142 Å². The normalized spacial score (nSPS) is 30.2. The summed E-state index contributed by atoms with van der Waals surface area (Å²) in [6.45, 7) is 4.06. The summed E-state index contributed by atoms with van der Waals surface area (Å²) in [6, 6.07) is 5.75. The van der Waals surface area contributed by atoms with E-state index in [9.17, 15) is 10.0 Å². The van der Waals surface area contributed by atoms with Crippen LogP contribution in [-0.2, 0) is 14.9 Å². The molecule has 2 aliphatic rings. The molecule has 0 aliphatic heterocycles. The highest BCUT2D eigenvalue weighted by molar-refractivity contribution is 6.12. The monoisotopic (exact) mass is 329 g/mol. The van der Waals surface area contributed by atoms with Gasteiger partial charge in [0.15, 0.2) is 0 Å². The Morgan fingerprint density at radius 1 is 1.25 bits per heavy atom. The zero-order chi connectivity index (χ0) is 17.5. The van der Waals surface area contributed by atoms with Gasteiger partial charge in [0.05, 0.1) is 19.6 Å². The predicted molar refractivity (Wildman–Crippen MR) is 90.7 cm³/mol. The Morgan fingerprint density at radius 2 is 2.00 bits per heavy atom. The fourth-order valence-electron chi connectivity index (χ4n) is 4.34. The molecule has 0 saturated heterocycles. The first kappa shape index (κ1) is 16.6. The number of esters is 1. The quantitative estimate of drug-likeness (QED) is 0.513. The maximum Gasteiger partial charge on any atom is 0.315 e. The van der Waals surface area contributed by atoms with Gasteiger partial charge in [0, 0.05) is 11.0 Å². The number of fused-ring (bicyclic) bond motifs is 3. The van der Waals surface area contributed by atoms with Gasteiger partial charge in [-0.15, -0.1) is 0 Å². The van der Waals surface area contributed by atoms with E-state index >= 15 is 0 Å². The fourth-order valence-corrected chi connectivity index (χ4v) is 4.34. The topological polar surface area (TPSA) is 68.1 Å². The van der Waals surface area contributed by atoms with Crippen molar-refractivity contribution in [3.63, 3.8) is 0 Å². The Morgan fingerprint density at radius 3 is 2.62 bits per heavy atom. The smallest absolute Gasteiger partial charge is 0.315 e. The maximum absolute atomic E-state index is 12.5. The van der Waals surface area contributed by atoms with Crippen LogP contribution in [0.25, 0.3) is 0 Å². The van der Waals surface area contributed by atoms with Crippen LogP contribution in [0.2, 0.25) is 0 Å². The Hall–Kier alpha value is -2.30. The van der Waals surface area contributed by atoms with Gasteiger partial charge in [0.2, 0.25) is 0 Å². The Bertz CT molecular complexity index is 752. The average Bonchev–Trinajstić information content (AvgIpc) is 2.60. The van der Waals surface area contributed by atoms with E-state index in [1.165, 1.54) is 7.11 Å². The highest BCUT2D eigenvalue weighted by Crippen LogP contribution is 2.55. The van der Waals surface area contributed by atoms with Crippen LogP contribution < -0.4 is 4.74 Å². The molecule has 3 rings (SSSR count). The lowest BCUT2D eigenvalue weighted by atomic mass is 9.54. The van der Waals surface area contributed by atoms with Crippen molar-refractivity contribution in [3.8, 4) is 5.75 Å². The molecule has 1 saturated carbocycles. The molecule has 0 spiro atoms. The lowest BCUT2D eigenvalue weighted by molar-refractivity contribution is -0.151. The number of nitrogens with zero attached hydrogens (tertiary/aromatic N) is 1. The van der Waals surface area contributed by atoms with Gasteiger partial charge < -0.3 is 14.7 Å². The molecule has 2 atom stereocenters. The van der Waals surface area contributed by atoms with Gasteiger partial charge in [-0.3, -0.25) is 4.79 Å². The van der Waals surface area contributed by atoms with Crippen LogP contribution >= 0.6 is 0 Å². The number of hydrogen-bond acceptors (Lipinski definition) is 5. The second-order valence-corrected chi connectivity index (χ2v) is 6.96. The van der Waals surface area contributed by atoms with Gasteiger partial charge in [0.1, 0.15) is 11.5 Å². The third-order valence-corrected chi connectivity index (χ3v) is 5.66. The molecule has 0 bridgehead atoms. The number of rotatable bonds is 2. The van der Waals surface area contributed by atoms with Gasteiger partial charge in [-0.25, -0.2) is 0 Å². The lowest BCUT2D eigenvalue weighted by Crippen LogP contribution is -2.46. The van der Waals surface area contributed by atoms with Crippen molar-refractivity contribution >= 4 is 11.7 Å². The van der Waals surface area contributed by atoms with Crippen LogP contribution in [0.1, 0.15) is 44.2 Å². The van der Waals surface area contributed by atoms with Crippen LogP contribution in [0.5, 0.6) is 5.75 Å². The van der Waals surface area contributed by atoms with Crippen molar-refractivity contribution in [2.24, 2.45) is 10.6 Å². The van der Waals surface area contributed by atoms with Gasteiger partial charge in [-0.05, 0) is 55.2 Å². The van der Waals surface area contributed by atoms with Crippen LogP contribution in [0.3, 0.4) is 0 Å². The molecular formula is C19H23NO4. The molecule has 24 heavy (non-hydrogen) atoms. The van der Waals surface area contributed by atoms with Crippen molar-refractivity contribution in [2.45, 2.75) is 38.5 Å². The summed E-state index contributed by atoms with van der Waals surface area (Å²) in [6.07, 6.45) is 4.41. The van der Waals surface area contributed by atoms with Crippen molar-refractivity contribution in [1.29, 1.82) is 0 Å². The van der Waals surface area contributed by atoms with Crippen LogP contribution in [0.4, 0.5) is 0 Å². The zero-order valence-electron chi connectivity index (χ0n) is 14.5. The summed E-state index contributed by atoms with van der Waals surface area (Å²) < 4.78 is 10.5. The molecule has 0 unspecified atom stereocenters. The Balaban J connectivity index is 2.26. The third-order valence-electron chi connectivity index (χ3n) is 5.66. The second kappa shape index (κ2) is 5.65. The van der Waals surface area contributed by atoms with Gasteiger partial charge in [-0.2, -0.15) is 0 Å². The maximum atomic E-state index is 12.5. The minimum Gasteiger partial charge on any atom is -0.497 e. The van der Waals surface area contributed by atoms with Crippen LogP contribution in [0.15, 0.2) is 35.0 Å². The molecular weight excluding hydrogens is 306 g/mol. The summed E-state index contributed by atoms with van der Waals surface area (Å²) in [7, 11) is 3.05. The molecule has 128 valence electrons. The molecule has 0 aromatic heterocycles. The number of carbonyl (C=O) groups excluding carboxylic acids is 1. The summed E-state index contributed by atoms with van der Waals surface area (Å²) >= 11 is 0. The Kier molecular flexibility index (Phi) is 3.90. The van der Waals surface area contributed by atoms with E-state index in [-0.39, 0.29) is 11.4 Å². The summed E-state index contributed by atoms with van der Waals surface area (Å²) in [4.78, 5) is 12.5. The zero-order valence-corrected chi connectivity index (χ0v) is 14.5. The highest BCUT2D eigenvalue weighted by Gasteiger charge is 2.52. The second-order valence-electron chi connectivity index (χ2n) is 6.96. The first-order chi connectivity index (χ1) is 11.4. The van der Waals surface area contributed by atoms with Gasteiger partial charge >= 0.3 is 5.97 Å². The molecule has 1 aromatic carbocycles. The SMILES string of the molecule is COC(=O)[C@@]1(C)CCC[C@@]2(C)C1=C/C(=N/O)c1ccc(OC)cc12. The van der Waals surface area contributed by atoms with E-state index in [0.29, 0.717) is 5.71 Å². The van der Waals surface area contributed by atoms with Gasteiger partial charge in [-0.1, -0.05) is 18.5 Å². The summed E-state index contributed by atoms with van der Waals surface area (Å²) in [5, 5.41) is 13.0. The average molecular weight is 329 g/mol. The number of benzene rings is 1. The van der Waals surface area contributed by atoms with Crippen molar-refractivity contribution in [1.82, 2.24) is 0 Å². The summed E-state index contributed by atoms with van der Waals surface area (Å²) in [5.74, 6) is 0.502. The standard InChI is InChI=1S/C19H23NO4/c1-18-8-5-9-19(2,17(21)24-4)16(18)11-15(20-22)13-7-6-12(23-3)10-14(13)18/h6-7,10-11,22H,5,8-9H2,1-4H3/b20-15-/t18-,19+/m1/s1. The van der Waals surface area contributed by atoms with Crippen molar-refractivity contribution < 1.29 is 19.5 Å². The first-order valence-corrected chi connectivity index (χ1v) is 8.12. The molecule has 1 fully saturated rings. The number of ether oxygens (including phenoxy) is 2. The van der Waals surface area contributed by atoms with E-state index in [1.54, 1.807) is 7.11 Å². The number of methoxy groups -OCH3 is 2. The largest absolute Gasteiger partial charge is 0.497 e. The van der Waals surface area contributed by atoms with Gasteiger partial charge in [0.25, 0.3) is 0 Å². The third kappa shape index (κ3) is 2.14. The van der Waals surface area contributed by atoms with Crippen LogP contribution in [0, 0.1) is 5.41 Å². The van der Waals surface area contributed by atoms with Crippen molar-refractivity contribution in [3.05, 3.63) is 41.0 Å². The summed E-state index contributed by atoms with van der Waals surface area (Å²) in [5.41, 5.74) is 2.27. The van der Waals surface area contributed by atoms with Crippen molar-refractivity contribution in [2.75, 3.05) is 14.2 Å². The molecule has 0 heterocycles. The fraction of sp³-hybridized carbons (Fsp3) is 0.474. The predicted octanol–water partition coefficient (Wildman–Crippen LogP) is 3.43.